The van der Waals surface area contributed by atoms with E-state index in [0.717, 1.165) is 37.4 Å². The average molecular weight is 272 g/mol. The molecule has 1 aromatic heterocycles. The lowest BCUT2D eigenvalue weighted by molar-refractivity contribution is 0.123. The molecule has 5 nitrogen and oxygen atoms in total. The van der Waals surface area contributed by atoms with Crippen molar-refractivity contribution in [3.05, 3.63) is 30.0 Å². The van der Waals surface area contributed by atoms with Gasteiger partial charge in [-0.05, 0) is 19.1 Å². The molecule has 1 aliphatic heterocycles. The Bertz CT molecular complexity index is 614. The highest BCUT2D eigenvalue weighted by molar-refractivity contribution is 5.84. The van der Waals surface area contributed by atoms with Crippen LogP contribution in [0, 0.1) is 6.92 Å². The second-order valence-corrected chi connectivity index (χ2v) is 5.19. The summed E-state index contributed by atoms with van der Waals surface area (Å²) in [6.07, 6.45) is 1.84. The number of hydrogen-bond acceptors (Lipinski definition) is 4. The Morgan fingerprint density at radius 2 is 1.95 bits per heavy atom. The van der Waals surface area contributed by atoms with Crippen LogP contribution in [0.15, 0.2) is 24.4 Å². The van der Waals surface area contributed by atoms with Crippen molar-refractivity contribution in [2.24, 2.45) is 7.05 Å². The van der Waals surface area contributed by atoms with Crippen molar-refractivity contribution >= 4 is 11.5 Å². The summed E-state index contributed by atoms with van der Waals surface area (Å²) in [6, 6.07) is 6.49. The van der Waals surface area contributed by atoms with Gasteiger partial charge in [-0.1, -0.05) is 11.6 Å². The van der Waals surface area contributed by atoms with Crippen molar-refractivity contribution in [3.63, 3.8) is 0 Å². The Kier molecular flexibility index (Phi) is 3.36. The van der Waals surface area contributed by atoms with Gasteiger partial charge in [-0.15, -0.1) is 0 Å². The molecule has 0 spiro atoms. The van der Waals surface area contributed by atoms with Crippen LogP contribution in [0.1, 0.15) is 5.56 Å². The predicted molar refractivity (Wildman–Crippen MR) is 80.8 cm³/mol. The minimum absolute atomic E-state index is 0.699. The van der Waals surface area contributed by atoms with Gasteiger partial charge in [0.15, 0.2) is 0 Å². The van der Waals surface area contributed by atoms with Crippen LogP contribution < -0.4 is 10.6 Å². The monoisotopic (exact) mass is 272 g/mol. The third-order valence-electron chi connectivity index (χ3n) is 3.78. The van der Waals surface area contributed by atoms with E-state index in [0.29, 0.717) is 5.82 Å². The summed E-state index contributed by atoms with van der Waals surface area (Å²) in [5.41, 5.74) is 10.7. The molecule has 1 fully saturated rings. The first-order valence-corrected chi connectivity index (χ1v) is 6.88. The molecule has 5 heteroatoms. The lowest BCUT2D eigenvalue weighted by Gasteiger charge is -2.30. The van der Waals surface area contributed by atoms with Crippen molar-refractivity contribution in [2.45, 2.75) is 6.92 Å². The van der Waals surface area contributed by atoms with E-state index in [1.807, 2.05) is 13.2 Å². The first-order chi connectivity index (χ1) is 9.66. The number of anilines is 2. The SMILES string of the molecule is Cc1ccc(N2CCOCC2)c(-c2cnn(C)c2N)c1. The molecule has 2 heterocycles. The van der Waals surface area contributed by atoms with Gasteiger partial charge in [0.05, 0.1) is 19.4 Å². The Morgan fingerprint density at radius 3 is 2.60 bits per heavy atom. The zero-order chi connectivity index (χ0) is 14.1. The summed E-state index contributed by atoms with van der Waals surface area (Å²) >= 11 is 0. The molecule has 106 valence electrons. The second kappa shape index (κ2) is 5.17. The van der Waals surface area contributed by atoms with Crippen molar-refractivity contribution in [3.8, 4) is 11.1 Å². The van der Waals surface area contributed by atoms with E-state index in [-0.39, 0.29) is 0 Å². The molecule has 20 heavy (non-hydrogen) atoms. The first-order valence-electron chi connectivity index (χ1n) is 6.88. The fraction of sp³-hybridized carbons (Fsp3) is 0.400. The smallest absolute Gasteiger partial charge is 0.129 e. The minimum Gasteiger partial charge on any atom is -0.383 e. The molecule has 0 saturated carbocycles. The summed E-state index contributed by atoms with van der Waals surface area (Å²) in [4.78, 5) is 2.35. The van der Waals surface area contributed by atoms with E-state index in [1.165, 1.54) is 11.3 Å². The fourth-order valence-corrected chi connectivity index (χ4v) is 2.60. The molecule has 1 saturated heterocycles. The first kappa shape index (κ1) is 13.0. The molecule has 0 radical (unpaired) electrons. The van der Waals surface area contributed by atoms with Gasteiger partial charge in [-0.3, -0.25) is 4.68 Å². The summed E-state index contributed by atoms with van der Waals surface area (Å²) in [5, 5.41) is 4.26. The number of hydrogen-bond donors (Lipinski definition) is 1. The Morgan fingerprint density at radius 1 is 1.20 bits per heavy atom. The van der Waals surface area contributed by atoms with Crippen LogP contribution in [0.2, 0.25) is 0 Å². The Balaban J connectivity index is 2.08. The van der Waals surface area contributed by atoms with Gasteiger partial charge < -0.3 is 15.4 Å². The molecule has 3 rings (SSSR count). The van der Waals surface area contributed by atoms with Gasteiger partial charge >= 0.3 is 0 Å². The number of aryl methyl sites for hydroxylation is 2. The fourth-order valence-electron chi connectivity index (χ4n) is 2.60. The van der Waals surface area contributed by atoms with Gasteiger partial charge in [0.2, 0.25) is 0 Å². The standard InChI is InChI=1S/C15H20N4O/c1-11-3-4-14(19-5-7-20-8-6-19)12(9-11)13-10-17-18(2)15(13)16/h3-4,9-10H,5-8,16H2,1-2H3. The number of ether oxygens (including phenoxy) is 1. The van der Waals surface area contributed by atoms with Crippen LogP contribution in [0.4, 0.5) is 11.5 Å². The van der Waals surface area contributed by atoms with E-state index < -0.39 is 0 Å². The molecule has 1 aromatic carbocycles. The second-order valence-electron chi connectivity index (χ2n) is 5.19. The van der Waals surface area contributed by atoms with E-state index >= 15 is 0 Å². The van der Waals surface area contributed by atoms with Gasteiger partial charge in [-0.25, -0.2) is 0 Å². The normalized spacial score (nSPS) is 15.6. The maximum atomic E-state index is 6.14. The van der Waals surface area contributed by atoms with E-state index in [9.17, 15) is 0 Å². The molecule has 2 N–H and O–H groups in total. The molecule has 1 aliphatic rings. The van der Waals surface area contributed by atoms with Crippen LogP contribution in [-0.4, -0.2) is 36.1 Å². The van der Waals surface area contributed by atoms with Crippen LogP contribution in [-0.2, 0) is 11.8 Å². The third-order valence-corrected chi connectivity index (χ3v) is 3.78. The average Bonchev–Trinajstić information content (AvgIpc) is 2.80. The summed E-state index contributed by atoms with van der Waals surface area (Å²) in [6.45, 7) is 5.47. The van der Waals surface area contributed by atoms with Gasteiger partial charge in [-0.2, -0.15) is 5.10 Å². The van der Waals surface area contributed by atoms with Gasteiger partial charge in [0, 0.05) is 37.0 Å². The largest absolute Gasteiger partial charge is 0.383 e. The topological polar surface area (TPSA) is 56.3 Å². The molecular formula is C15H20N4O. The van der Waals surface area contributed by atoms with E-state index in [2.05, 4.69) is 35.1 Å². The molecule has 0 unspecified atom stereocenters. The summed E-state index contributed by atoms with van der Waals surface area (Å²) in [5.74, 6) is 0.699. The van der Waals surface area contributed by atoms with Crippen molar-refractivity contribution in [2.75, 3.05) is 36.9 Å². The van der Waals surface area contributed by atoms with Crippen molar-refractivity contribution < 1.29 is 4.74 Å². The highest BCUT2D eigenvalue weighted by Gasteiger charge is 2.18. The van der Waals surface area contributed by atoms with Crippen molar-refractivity contribution in [1.29, 1.82) is 0 Å². The van der Waals surface area contributed by atoms with Crippen LogP contribution >= 0.6 is 0 Å². The summed E-state index contributed by atoms with van der Waals surface area (Å²) in [7, 11) is 1.86. The minimum atomic E-state index is 0.699. The lowest BCUT2D eigenvalue weighted by atomic mass is 10.0. The van der Waals surface area contributed by atoms with E-state index in [1.54, 1.807) is 4.68 Å². The third kappa shape index (κ3) is 2.25. The van der Waals surface area contributed by atoms with Crippen LogP contribution in [0.3, 0.4) is 0 Å². The molecule has 2 aromatic rings. The number of nitrogens with zero attached hydrogens (tertiary/aromatic N) is 3. The van der Waals surface area contributed by atoms with Gasteiger partial charge in [0.25, 0.3) is 0 Å². The van der Waals surface area contributed by atoms with E-state index in [4.69, 9.17) is 10.5 Å². The number of morpholine rings is 1. The number of nitrogens with two attached hydrogens (primary N) is 1. The highest BCUT2D eigenvalue weighted by Crippen LogP contribution is 2.35. The molecule has 0 aliphatic carbocycles. The van der Waals surface area contributed by atoms with Crippen LogP contribution in [0.25, 0.3) is 11.1 Å². The number of aromatic nitrogens is 2. The number of rotatable bonds is 2. The Hall–Kier alpha value is -2.01. The van der Waals surface area contributed by atoms with Crippen molar-refractivity contribution in [1.82, 2.24) is 9.78 Å². The van der Waals surface area contributed by atoms with Crippen LogP contribution in [0.5, 0.6) is 0 Å². The summed E-state index contributed by atoms with van der Waals surface area (Å²) < 4.78 is 7.14. The maximum Gasteiger partial charge on any atom is 0.129 e. The zero-order valence-electron chi connectivity index (χ0n) is 12.0. The molecular weight excluding hydrogens is 252 g/mol. The number of nitrogen functional groups attached to an aromatic ring is 1. The highest BCUT2D eigenvalue weighted by atomic mass is 16.5. The molecule has 0 bridgehead atoms. The quantitative estimate of drug-likeness (QED) is 0.906. The zero-order valence-corrected chi connectivity index (χ0v) is 12.0. The Labute approximate surface area is 118 Å². The maximum absolute atomic E-state index is 6.14. The molecule has 0 amide bonds. The lowest BCUT2D eigenvalue weighted by Crippen LogP contribution is -2.36. The number of benzene rings is 1. The molecule has 0 atom stereocenters. The van der Waals surface area contributed by atoms with Gasteiger partial charge in [0.1, 0.15) is 5.82 Å². The predicted octanol–water partition coefficient (Wildman–Crippen LogP) is 1.81.